The fourth-order valence-electron chi connectivity index (χ4n) is 6.56. The lowest BCUT2D eigenvalue weighted by atomic mass is 9.42. The Morgan fingerprint density at radius 2 is 1.60 bits per heavy atom. The van der Waals surface area contributed by atoms with E-state index in [0.717, 1.165) is 18.6 Å². The first-order valence-electron chi connectivity index (χ1n) is 11.2. The molecule has 0 aromatic carbocycles. The first kappa shape index (κ1) is 21.6. The number of allylic oxidation sites excluding steroid dienone is 6. The maximum atomic E-state index is 14.0. The highest BCUT2D eigenvalue weighted by Crippen LogP contribution is 2.71. The first-order chi connectivity index (χ1) is 13.8. The molecule has 0 unspecified atom stereocenters. The number of ketones is 2. The third-order valence-corrected chi connectivity index (χ3v) is 13.2. The molecular weight excluding hydrogens is 392 g/mol. The summed E-state index contributed by atoms with van der Waals surface area (Å²) in [5.41, 5.74) is 0.252. The highest BCUT2D eigenvalue weighted by Gasteiger charge is 2.73. The number of Topliss-reactive ketones (excluding diaryl/α,β-unsaturated/α-hetero) is 2. The first-order valence-corrected chi connectivity index (χ1v) is 14.1. The van der Waals surface area contributed by atoms with Gasteiger partial charge in [0.05, 0.1) is 23.7 Å². The molecule has 5 heteroatoms. The minimum absolute atomic E-state index is 0.0232. The molecule has 4 rings (SSSR count). The van der Waals surface area contributed by atoms with Gasteiger partial charge in [-0.25, -0.2) is 0 Å². The average Bonchev–Trinajstić information content (AvgIpc) is 2.98. The van der Waals surface area contributed by atoms with Gasteiger partial charge >= 0.3 is 0 Å². The minimum Gasteiger partial charge on any atom is -0.547 e. The lowest BCUT2D eigenvalue weighted by Crippen LogP contribution is -2.64. The summed E-state index contributed by atoms with van der Waals surface area (Å²) < 4.78 is 12.3. The van der Waals surface area contributed by atoms with E-state index in [1.165, 1.54) is 12.7 Å². The van der Waals surface area contributed by atoms with Crippen molar-refractivity contribution >= 4 is 19.9 Å². The van der Waals surface area contributed by atoms with Gasteiger partial charge in [-0.2, -0.15) is 0 Å². The summed E-state index contributed by atoms with van der Waals surface area (Å²) in [6, 6.07) is 0. The van der Waals surface area contributed by atoms with Crippen molar-refractivity contribution < 1.29 is 18.8 Å². The van der Waals surface area contributed by atoms with Crippen LogP contribution in [0, 0.1) is 22.7 Å². The second-order valence-corrected chi connectivity index (χ2v) is 16.1. The van der Waals surface area contributed by atoms with Crippen LogP contribution in [0.2, 0.25) is 18.1 Å². The van der Waals surface area contributed by atoms with Gasteiger partial charge in [-0.05, 0) is 69.2 Å². The molecule has 0 saturated heterocycles. The van der Waals surface area contributed by atoms with Crippen LogP contribution in [0.4, 0.5) is 0 Å². The minimum atomic E-state index is -2.05. The third-order valence-electron chi connectivity index (χ3n) is 8.77. The maximum Gasteiger partial charge on any atom is 0.250 e. The largest absolute Gasteiger partial charge is 0.547 e. The zero-order valence-electron chi connectivity index (χ0n) is 19.8. The normalized spacial score (nSPS) is 36.1. The molecule has 0 aromatic heterocycles. The fourth-order valence-corrected chi connectivity index (χ4v) is 7.66. The van der Waals surface area contributed by atoms with Gasteiger partial charge in [0.15, 0.2) is 11.5 Å². The van der Waals surface area contributed by atoms with E-state index < -0.39 is 19.1 Å². The molecule has 0 radical (unpaired) electrons. The molecule has 0 N–H and O–H groups in total. The van der Waals surface area contributed by atoms with E-state index in [1.807, 2.05) is 0 Å². The summed E-state index contributed by atoms with van der Waals surface area (Å²) in [4.78, 5) is 28.0. The van der Waals surface area contributed by atoms with Gasteiger partial charge in [-0.15, -0.1) is 0 Å². The number of carbonyl (C=O) groups excluding carboxylic acids is 2. The van der Waals surface area contributed by atoms with Crippen molar-refractivity contribution in [1.82, 2.24) is 0 Å². The number of ether oxygens (including phenoxy) is 1. The SMILES string of the molecule is COC1=C(C)C(=O)[C@@]23CC(C)=C[C@@H]4CC[C@@H](C=C(O[Si](C)(C)C(C)(C)C)C2)[C@@]43C1=O. The van der Waals surface area contributed by atoms with Gasteiger partial charge in [-0.1, -0.05) is 32.4 Å². The lowest BCUT2D eigenvalue weighted by Gasteiger charge is -2.59. The Labute approximate surface area is 181 Å². The Bertz CT molecular complexity index is 916. The van der Waals surface area contributed by atoms with E-state index >= 15 is 0 Å². The summed E-state index contributed by atoms with van der Waals surface area (Å²) >= 11 is 0. The molecule has 4 nitrogen and oxygen atoms in total. The maximum absolute atomic E-state index is 14.0. The topological polar surface area (TPSA) is 52.6 Å². The van der Waals surface area contributed by atoms with Gasteiger partial charge in [0.1, 0.15) is 0 Å². The summed E-state index contributed by atoms with van der Waals surface area (Å²) in [6.45, 7) is 15.1. The van der Waals surface area contributed by atoms with Crippen LogP contribution in [0.5, 0.6) is 0 Å². The molecule has 0 bridgehead atoms. The van der Waals surface area contributed by atoms with Crippen molar-refractivity contribution in [2.24, 2.45) is 22.7 Å². The predicted octanol–water partition coefficient (Wildman–Crippen LogP) is 5.72. The van der Waals surface area contributed by atoms with E-state index in [1.54, 1.807) is 6.92 Å². The van der Waals surface area contributed by atoms with Crippen molar-refractivity contribution in [3.8, 4) is 0 Å². The number of hydrogen-bond acceptors (Lipinski definition) is 4. The molecule has 1 saturated carbocycles. The van der Waals surface area contributed by atoms with Crippen LogP contribution < -0.4 is 0 Å². The van der Waals surface area contributed by atoms with E-state index in [2.05, 4.69) is 52.9 Å². The van der Waals surface area contributed by atoms with Gasteiger partial charge in [0.25, 0.3) is 0 Å². The molecule has 0 aromatic rings. The zero-order valence-corrected chi connectivity index (χ0v) is 20.8. The van der Waals surface area contributed by atoms with Gasteiger partial charge in [0.2, 0.25) is 14.1 Å². The monoisotopic (exact) mass is 428 g/mol. The van der Waals surface area contributed by atoms with Crippen molar-refractivity contribution in [3.63, 3.8) is 0 Å². The van der Waals surface area contributed by atoms with Crippen molar-refractivity contribution in [2.45, 2.75) is 78.4 Å². The van der Waals surface area contributed by atoms with E-state index in [9.17, 15) is 9.59 Å². The smallest absolute Gasteiger partial charge is 0.250 e. The number of rotatable bonds is 3. The summed E-state index contributed by atoms with van der Waals surface area (Å²) in [6.07, 6.45) is 7.49. The summed E-state index contributed by atoms with van der Waals surface area (Å²) in [5, 5.41) is 0.0755. The molecule has 4 atom stereocenters. The van der Waals surface area contributed by atoms with Crippen LogP contribution in [0.3, 0.4) is 0 Å². The molecule has 1 fully saturated rings. The highest BCUT2D eigenvalue weighted by molar-refractivity contribution is 6.74. The molecule has 0 aliphatic heterocycles. The summed E-state index contributed by atoms with van der Waals surface area (Å²) in [7, 11) is -0.531. The molecule has 4 aliphatic rings. The second kappa shape index (κ2) is 6.44. The number of carbonyl (C=O) groups is 2. The number of hydrogen-bond donors (Lipinski definition) is 0. The molecular formula is C25H36O4Si. The zero-order chi connectivity index (χ0) is 22.3. The molecule has 0 amide bonds. The lowest BCUT2D eigenvalue weighted by molar-refractivity contribution is -0.160. The Hall–Kier alpha value is -1.62. The van der Waals surface area contributed by atoms with Crippen LogP contribution in [-0.2, 0) is 18.8 Å². The molecule has 0 heterocycles. The number of methoxy groups -OCH3 is 1. The Balaban J connectivity index is 1.91. The Kier molecular flexibility index (Phi) is 4.64. The van der Waals surface area contributed by atoms with E-state index in [4.69, 9.17) is 9.16 Å². The van der Waals surface area contributed by atoms with Crippen LogP contribution in [0.1, 0.15) is 60.3 Å². The Morgan fingerprint density at radius 3 is 2.17 bits per heavy atom. The molecule has 1 spiro atoms. The quantitative estimate of drug-likeness (QED) is 0.426. The molecule has 4 aliphatic carbocycles. The van der Waals surface area contributed by atoms with Crippen molar-refractivity contribution in [3.05, 3.63) is 34.8 Å². The van der Waals surface area contributed by atoms with Crippen molar-refractivity contribution in [2.75, 3.05) is 7.11 Å². The van der Waals surface area contributed by atoms with Gasteiger partial charge in [-0.3, -0.25) is 9.59 Å². The third kappa shape index (κ3) is 2.50. The molecule has 30 heavy (non-hydrogen) atoms. The van der Waals surface area contributed by atoms with Crippen molar-refractivity contribution in [1.29, 1.82) is 0 Å². The summed E-state index contributed by atoms with van der Waals surface area (Å²) in [5.74, 6) is 1.47. The molecule has 164 valence electrons. The van der Waals surface area contributed by atoms with E-state index in [-0.39, 0.29) is 34.2 Å². The van der Waals surface area contributed by atoms with E-state index in [0.29, 0.717) is 18.4 Å². The second-order valence-electron chi connectivity index (χ2n) is 11.4. The average molecular weight is 429 g/mol. The van der Waals surface area contributed by atoms with Crippen LogP contribution in [0.25, 0.3) is 0 Å². The predicted molar refractivity (Wildman–Crippen MR) is 120 cm³/mol. The van der Waals surface area contributed by atoms with Gasteiger partial charge < -0.3 is 9.16 Å². The Morgan fingerprint density at radius 1 is 1.00 bits per heavy atom. The van der Waals surface area contributed by atoms with Crippen LogP contribution in [0.15, 0.2) is 34.8 Å². The standard InChI is InChI=1S/C25H36O4Si/c1-15-11-17-9-10-18-12-19(29-30(7,8)23(3,4)5)14-24(13-15)21(26)16(2)20(28-6)22(27)25(17,18)24/h11-12,17-18H,9-10,13-14H2,1-8H3/t17-,18-,24+,25+/m0/s1. The van der Waals surface area contributed by atoms with Crippen LogP contribution in [-0.4, -0.2) is 27.0 Å². The highest BCUT2D eigenvalue weighted by atomic mass is 28.4. The van der Waals surface area contributed by atoms with Gasteiger partial charge in [0, 0.05) is 12.0 Å². The van der Waals surface area contributed by atoms with Crippen LogP contribution >= 0.6 is 0 Å². The fraction of sp³-hybridized carbons (Fsp3) is 0.680.